The maximum atomic E-state index is 15.9. The van der Waals surface area contributed by atoms with Crippen molar-refractivity contribution < 1.29 is 102 Å². The predicted octanol–water partition coefficient (Wildman–Crippen LogP) is -3.00. The first-order valence-electron chi connectivity index (χ1n) is 45.2. The molecule has 0 radical (unpaired) electrons. The summed E-state index contributed by atoms with van der Waals surface area (Å²) in [4.78, 5) is 275. The number of phenolic OH excluding ortho intramolecular Hbond substituents is 1. The molecular formula is C90H130N22O21S. The minimum absolute atomic E-state index is 0.00621. The normalized spacial score (nSPS) is 24.9. The van der Waals surface area contributed by atoms with Gasteiger partial charge in [0.05, 0.1) is 42.5 Å². The molecule has 3 aliphatic heterocycles. The monoisotopic (exact) mass is 1890 g/mol. The molecule has 15 atom stereocenters. The Bertz CT molecular complexity index is 5050. The Labute approximate surface area is 780 Å². The third-order valence-electron chi connectivity index (χ3n) is 23.9. The molecule has 134 heavy (non-hydrogen) atoms. The fourth-order valence-electron chi connectivity index (χ4n) is 16.6. The van der Waals surface area contributed by atoms with E-state index in [1.165, 1.54) is 56.7 Å². The van der Waals surface area contributed by atoms with Crippen molar-refractivity contribution in [2.75, 3.05) is 65.4 Å². The number of nitrogens with zero attached hydrogens (tertiary/aromatic N) is 7. The van der Waals surface area contributed by atoms with Crippen LogP contribution < -0.4 is 76.1 Å². The van der Waals surface area contributed by atoms with E-state index in [1.807, 2.05) is 13.8 Å². The number of benzene rings is 2. The summed E-state index contributed by atoms with van der Waals surface area (Å²) in [6.45, 7) is 9.73. The molecule has 0 spiro atoms. The second kappa shape index (κ2) is 50.3. The van der Waals surface area contributed by atoms with Crippen molar-refractivity contribution in [1.29, 1.82) is 0 Å². The van der Waals surface area contributed by atoms with Crippen LogP contribution >= 0.6 is 11.8 Å². The number of unbranched alkanes of at least 4 members (excludes halogenated alkanes) is 2. The highest BCUT2D eigenvalue weighted by Gasteiger charge is 2.47. The molecule has 3 saturated heterocycles. The molecule has 8 rings (SSSR count). The van der Waals surface area contributed by atoms with Gasteiger partial charge in [-0.25, -0.2) is 4.98 Å². The van der Waals surface area contributed by atoms with Crippen LogP contribution in [-0.2, 0) is 112 Å². The lowest BCUT2D eigenvalue weighted by molar-refractivity contribution is -0.149. The molecule has 17 amide bonds. The fraction of sp³-hybridized carbons (Fsp3) is 0.567. The maximum Gasteiger partial charge on any atom is 0.309 e. The van der Waals surface area contributed by atoms with Crippen LogP contribution in [0.2, 0.25) is 0 Å². The number of thioether (sulfide) groups is 1. The SMILES string of the molecule is CCCC[C@H]1C(=O)N(C)[C@@H](CCCC)C(=O)N[C@@H](CC(C)C)C(=O)N[C@H](C(=O)NCC(N)=O)CSCC(=O)N[C@@H](Cc2ccc(O)cc2)C(=O)N(C)[C@@H](C)C(=O)N[C@@H](CC(N)=O)C(=O)N2CCC[C@H]2C(=O)N[C@@H](CN)C(=O)N[C@@H](CC(C)C)C(=O)N2C[C@H](O)C[C@H]2C(=O)N[C@@H](Cc2c[nH]c3ccccc23)C(=O)N[C@@H](CCN)C(=O)N[C@@H](Cc2nc(CC(=O)O)c3ccccn23)C(=O)N1C. The molecule has 6 heterocycles. The van der Waals surface area contributed by atoms with Gasteiger partial charge in [0, 0.05) is 95.5 Å². The number of imidazole rings is 1. The Morgan fingerprint density at radius 1 is 0.575 bits per heavy atom. The van der Waals surface area contributed by atoms with Crippen molar-refractivity contribution in [3.8, 4) is 5.75 Å². The van der Waals surface area contributed by atoms with E-state index in [0.717, 1.165) is 36.3 Å². The number of H-pyrrole nitrogens is 1. The van der Waals surface area contributed by atoms with E-state index in [9.17, 15) is 68.1 Å². The summed E-state index contributed by atoms with van der Waals surface area (Å²) in [5.74, 6) is -18.9. The van der Waals surface area contributed by atoms with Gasteiger partial charge in [0.25, 0.3) is 0 Å². The summed E-state index contributed by atoms with van der Waals surface area (Å²) >= 11 is 0.782. The molecule has 5 aromatic rings. The van der Waals surface area contributed by atoms with Crippen molar-refractivity contribution in [1.82, 2.24) is 92.0 Å². The Morgan fingerprint density at radius 2 is 1.14 bits per heavy atom. The number of aliphatic carboxylic acids is 1. The third kappa shape index (κ3) is 29.3. The molecule has 3 aliphatic rings. The summed E-state index contributed by atoms with van der Waals surface area (Å²) in [5, 5.41) is 58.8. The zero-order chi connectivity index (χ0) is 98.6. The number of primary amides is 2. The number of rotatable bonds is 26. The Morgan fingerprint density at radius 3 is 1.79 bits per heavy atom. The number of likely N-dealkylation sites (N-methyl/N-ethyl adjacent to an activating group) is 3. The molecule has 43 nitrogen and oxygen atoms in total. The number of carboxylic acids is 1. The van der Waals surface area contributed by atoms with E-state index < -0.39 is 254 Å². The third-order valence-corrected chi connectivity index (χ3v) is 24.9. The zero-order valence-corrected chi connectivity index (χ0v) is 78.1. The summed E-state index contributed by atoms with van der Waals surface area (Å²) in [6, 6.07) is -4.18. The van der Waals surface area contributed by atoms with Crippen LogP contribution in [-0.4, -0.2) is 317 Å². The van der Waals surface area contributed by atoms with Crippen LogP contribution in [0.3, 0.4) is 0 Å². The van der Waals surface area contributed by atoms with Gasteiger partial charge < -0.3 is 125 Å². The van der Waals surface area contributed by atoms with Gasteiger partial charge >= 0.3 is 5.97 Å². The van der Waals surface area contributed by atoms with Gasteiger partial charge in [-0.1, -0.05) is 104 Å². The minimum atomic E-state index is -1.77. The second-order valence-electron chi connectivity index (χ2n) is 35.1. The van der Waals surface area contributed by atoms with Gasteiger partial charge in [-0.15, -0.1) is 11.8 Å². The van der Waals surface area contributed by atoms with Crippen LogP contribution in [0.25, 0.3) is 16.4 Å². The molecule has 0 bridgehead atoms. The molecule has 2 aromatic carbocycles. The summed E-state index contributed by atoms with van der Waals surface area (Å²) in [7, 11) is 3.88. The number of aliphatic hydroxyl groups excluding tert-OH is 1. The molecule has 732 valence electrons. The van der Waals surface area contributed by atoms with E-state index >= 15 is 33.6 Å². The van der Waals surface area contributed by atoms with Crippen LogP contribution in [0.1, 0.15) is 155 Å². The smallest absolute Gasteiger partial charge is 0.309 e. The molecule has 0 saturated carbocycles. The van der Waals surface area contributed by atoms with E-state index in [0.29, 0.717) is 53.2 Å². The quantitative estimate of drug-likeness (QED) is 0.0262. The molecule has 3 fully saturated rings. The summed E-state index contributed by atoms with van der Waals surface area (Å²) in [6.07, 6.45) is 0.189. The van der Waals surface area contributed by atoms with Gasteiger partial charge in [0.15, 0.2) is 0 Å². The summed E-state index contributed by atoms with van der Waals surface area (Å²) in [5.41, 5.74) is 25.5. The van der Waals surface area contributed by atoms with Crippen molar-refractivity contribution in [3.63, 3.8) is 0 Å². The van der Waals surface area contributed by atoms with Gasteiger partial charge in [0.1, 0.15) is 96.2 Å². The number of carbonyl (C=O) groups is 18. The van der Waals surface area contributed by atoms with Gasteiger partial charge in [-0.2, -0.15) is 0 Å². The Balaban J connectivity index is 1.21. The number of carboxylic acid groups (broad SMARTS) is 1. The lowest BCUT2D eigenvalue weighted by Gasteiger charge is -2.36. The molecule has 3 aromatic heterocycles. The number of amides is 17. The van der Waals surface area contributed by atoms with Crippen molar-refractivity contribution >= 4 is 135 Å². The number of aromatic amines is 1. The number of aromatic hydroxyl groups is 1. The number of aromatic nitrogens is 3. The van der Waals surface area contributed by atoms with Gasteiger partial charge in [0.2, 0.25) is 100 Å². The van der Waals surface area contributed by atoms with Crippen LogP contribution in [0.4, 0.5) is 0 Å². The van der Waals surface area contributed by atoms with E-state index in [4.69, 9.17) is 22.9 Å². The highest BCUT2D eigenvalue weighted by molar-refractivity contribution is 8.00. The molecule has 0 unspecified atom stereocenters. The van der Waals surface area contributed by atoms with E-state index in [-0.39, 0.29) is 100.0 Å². The van der Waals surface area contributed by atoms with Crippen molar-refractivity contribution in [2.24, 2.45) is 34.8 Å². The minimum Gasteiger partial charge on any atom is -0.508 e. The lowest BCUT2D eigenvalue weighted by Crippen LogP contribution is -2.62. The first-order chi connectivity index (χ1) is 63.6. The number of nitrogens with one attached hydrogen (secondary N) is 11. The predicted molar refractivity (Wildman–Crippen MR) is 492 cm³/mol. The number of pyridine rings is 1. The Kier molecular flexibility index (Phi) is 40.0. The molecule has 22 N–H and O–H groups in total. The zero-order valence-electron chi connectivity index (χ0n) is 77.3. The maximum absolute atomic E-state index is 15.9. The van der Waals surface area contributed by atoms with Crippen LogP contribution in [0.5, 0.6) is 5.75 Å². The molecule has 0 aliphatic carbocycles. The number of fused-ring (bicyclic) bond motifs is 4. The number of nitrogens with two attached hydrogens (primary N) is 4. The number of para-hydroxylation sites is 1. The van der Waals surface area contributed by atoms with Crippen LogP contribution in [0, 0.1) is 11.8 Å². The van der Waals surface area contributed by atoms with Crippen molar-refractivity contribution in [3.05, 3.63) is 102 Å². The standard InChI is InChI=1S/C90H130N22O21S/c1-11-13-22-68-83(126)100-59(34-48(3)4)80(123)106-66(78(121)96-44-73(94)116)46-134-47-75(117)98-62(36-51-26-28-53(113)29-27-51)86(129)107(8)50(7)77(120)102-63(39-72(93)115)88(131)111-33-19-25-69(111)84(127)105-65(42-92)82(125)103-61(35-49(5)6)89(132)112-45-54(114)38-71(112)85(128)101-60(37-52-43-95-56-21-16-15-20-55(52)56)81(124)99-57(30-31-91)79(122)104-64(87(130)109(10)70(23-14-12-2)90(133)108(68)9)40-74-97-58(41-76(118)119)67-24-17-18-32-110(67)74/h15-18,20-21,24,26-29,32,43,48-50,54,57,59-66,68-71,95,113-114H,11-14,19,22-23,25,30-31,33-42,44-47,91-92H2,1-10H3,(H2,93,115)(H2,94,116)(H,96,121)(H,98,117)(H,99,124)(H,100,126)(H,101,128)(H,102,120)(H,103,125)(H,104,122)(H,105,127)(H,106,123)(H,118,119)/t50-,54+,57-,59-,60-,61-,62-,63-,64-,65-,66-,68-,69-,70-,71-/m0/s1. The number of carbonyl (C=O) groups excluding carboxylic acids is 17. The molecule has 44 heteroatoms. The number of hydrogen-bond donors (Lipinski definition) is 18. The topological polar surface area (TPSA) is 642 Å². The van der Waals surface area contributed by atoms with Gasteiger partial charge in [-0.3, -0.25) is 86.3 Å². The highest BCUT2D eigenvalue weighted by atomic mass is 32.2. The summed E-state index contributed by atoms with van der Waals surface area (Å²) < 4.78 is 1.52. The fourth-order valence-corrected chi connectivity index (χ4v) is 17.4. The highest BCUT2D eigenvalue weighted by Crippen LogP contribution is 2.28. The van der Waals surface area contributed by atoms with E-state index in [1.54, 1.807) is 82.6 Å². The second-order valence-corrected chi connectivity index (χ2v) is 36.1. The van der Waals surface area contributed by atoms with Crippen molar-refractivity contribution in [2.45, 2.75) is 248 Å². The first kappa shape index (κ1) is 107. The largest absolute Gasteiger partial charge is 0.508 e. The van der Waals surface area contributed by atoms with Gasteiger partial charge in [-0.05, 0) is 112 Å². The molecular weight excluding hydrogens is 1760 g/mol. The first-order valence-corrected chi connectivity index (χ1v) is 46.4. The van der Waals surface area contributed by atoms with Crippen LogP contribution in [0.15, 0.2) is 79.1 Å². The van der Waals surface area contributed by atoms with E-state index in [2.05, 4.69) is 63.1 Å². The number of phenols is 1. The average Bonchev–Trinajstić information content (AvgIpc) is 1.64. The number of aliphatic hydroxyl groups is 1. The lowest BCUT2D eigenvalue weighted by atomic mass is 10.00. The number of hydrogen-bond acceptors (Lipinski definition) is 24. The average molecular weight is 1890 g/mol. The Hall–Kier alpha value is -12.8.